The van der Waals surface area contributed by atoms with Crippen molar-refractivity contribution < 1.29 is 0 Å². The topological polar surface area (TPSA) is 38.9 Å². The number of nitrogens with zero attached hydrogens (tertiary/aromatic N) is 1. The van der Waals surface area contributed by atoms with Crippen LogP contribution < -0.4 is 5.73 Å². The van der Waals surface area contributed by atoms with Crippen molar-refractivity contribution in [2.45, 2.75) is 13.0 Å². The zero-order valence-corrected chi connectivity index (χ0v) is 12.8. The first-order valence-corrected chi connectivity index (χ1v) is 7.68. The van der Waals surface area contributed by atoms with E-state index in [4.69, 9.17) is 5.73 Å². The van der Waals surface area contributed by atoms with E-state index >= 15 is 0 Å². The maximum Gasteiger partial charge on any atom is 0.0705 e. The molecule has 0 saturated heterocycles. The SMILES string of the molecule is Cc1ccc2cc(C(N)c3sccc3Br)ccc2n1. The number of rotatable bonds is 2. The maximum absolute atomic E-state index is 6.34. The summed E-state index contributed by atoms with van der Waals surface area (Å²) in [5.74, 6) is 0. The van der Waals surface area contributed by atoms with Crippen LogP contribution in [-0.4, -0.2) is 4.98 Å². The largest absolute Gasteiger partial charge is 0.320 e. The molecule has 2 heterocycles. The minimum Gasteiger partial charge on any atom is -0.320 e. The summed E-state index contributed by atoms with van der Waals surface area (Å²) in [5.41, 5.74) is 9.50. The maximum atomic E-state index is 6.34. The highest BCUT2D eigenvalue weighted by molar-refractivity contribution is 9.10. The van der Waals surface area contributed by atoms with Gasteiger partial charge in [0, 0.05) is 20.4 Å². The predicted molar refractivity (Wildman–Crippen MR) is 84.5 cm³/mol. The molecule has 1 aromatic carbocycles. The third kappa shape index (κ3) is 2.43. The number of hydrogen-bond donors (Lipinski definition) is 1. The summed E-state index contributed by atoms with van der Waals surface area (Å²) in [6.07, 6.45) is 0. The van der Waals surface area contributed by atoms with Crippen molar-refractivity contribution in [1.82, 2.24) is 4.98 Å². The van der Waals surface area contributed by atoms with Crippen molar-refractivity contribution in [3.63, 3.8) is 0 Å². The van der Waals surface area contributed by atoms with E-state index in [2.05, 4.69) is 39.1 Å². The first-order valence-electron chi connectivity index (χ1n) is 6.01. The average Bonchev–Trinajstić information content (AvgIpc) is 2.83. The summed E-state index contributed by atoms with van der Waals surface area (Å²) in [5, 5.41) is 3.18. The van der Waals surface area contributed by atoms with Gasteiger partial charge >= 0.3 is 0 Å². The fraction of sp³-hybridized carbons (Fsp3) is 0.133. The van der Waals surface area contributed by atoms with Gasteiger partial charge in [-0.25, -0.2) is 0 Å². The van der Waals surface area contributed by atoms with Crippen molar-refractivity contribution in [3.8, 4) is 0 Å². The monoisotopic (exact) mass is 332 g/mol. The highest BCUT2D eigenvalue weighted by Gasteiger charge is 2.14. The van der Waals surface area contributed by atoms with Gasteiger partial charge in [-0.3, -0.25) is 4.98 Å². The van der Waals surface area contributed by atoms with Crippen LogP contribution in [0.15, 0.2) is 46.3 Å². The Balaban J connectivity index is 2.06. The molecule has 0 aliphatic heterocycles. The highest BCUT2D eigenvalue weighted by Crippen LogP contribution is 2.32. The zero-order chi connectivity index (χ0) is 13.4. The summed E-state index contributed by atoms with van der Waals surface area (Å²) in [7, 11) is 0. The lowest BCUT2D eigenvalue weighted by molar-refractivity contribution is 0.891. The second-order valence-electron chi connectivity index (χ2n) is 4.52. The minimum atomic E-state index is -0.0971. The van der Waals surface area contributed by atoms with E-state index in [0.717, 1.165) is 31.5 Å². The lowest BCUT2D eigenvalue weighted by Crippen LogP contribution is -2.10. The average molecular weight is 333 g/mol. The number of nitrogens with two attached hydrogens (primary N) is 1. The Morgan fingerprint density at radius 2 is 2.05 bits per heavy atom. The molecule has 4 heteroatoms. The first kappa shape index (κ1) is 12.8. The van der Waals surface area contributed by atoms with Crippen molar-refractivity contribution in [1.29, 1.82) is 0 Å². The van der Waals surface area contributed by atoms with E-state index < -0.39 is 0 Å². The molecule has 3 rings (SSSR count). The second-order valence-corrected chi connectivity index (χ2v) is 6.32. The number of aromatic nitrogens is 1. The molecule has 0 amide bonds. The summed E-state index contributed by atoms with van der Waals surface area (Å²) in [6, 6.07) is 12.3. The summed E-state index contributed by atoms with van der Waals surface area (Å²) in [4.78, 5) is 5.66. The molecular formula is C15H13BrN2S. The van der Waals surface area contributed by atoms with Gasteiger partial charge < -0.3 is 5.73 Å². The van der Waals surface area contributed by atoms with Crippen LogP contribution >= 0.6 is 27.3 Å². The molecule has 2 aromatic heterocycles. The normalized spacial score (nSPS) is 12.8. The summed E-state index contributed by atoms with van der Waals surface area (Å²) >= 11 is 5.21. The molecular weight excluding hydrogens is 320 g/mol. The van der Waals surface area contributed by atoms with Crippen LogP contribution in [-0.2, 0) is 0 Å². The van der Waals surface area contributed by atoms with Gasteiger partial charge in [0.15, 0.2) is 0 Å². The van der Waals surface area contributed by atoms with Crippen LogP contribution in [0.3, 0.4) is 0 Å². The third-order valence-corrected chi connectivity index (χ3v) is 5.09. The lowest BCUT2D eigenvalue weighted by atomic mass is 10.0. The second kappa shape index (κ2) is 5.04. The number of thiophene rings is 1. The van der Waals surface area contributed by atoms with E-state index in [1.807, 2.05) is 30.5 Å². The highest BCUT2D eigenvalue weighted by atomic mass is 79.9. The van der Waals surface area contributed by atoms with E-state index in [1.54, 1.807) is 11.3 Å². The van der Waals surface area contributed by atoms with Crippen LogP contribution in [0.5, 0.6) is 0 Å². The van der Waals surface area contributed by atoms with E-state index in [0.29, 0.717) is 0 Å². The van der Waals surface area contributed by atoms with Crippen LogP contribution in [0.2, 0.25) is 0 Å². The van der Waals surface area contributed by atoms with Crippen molar-refractivity contribution >= 4 is 38.2 Å². The quantitative estimate of drug-likeness (QED) is 0.754. The summed E-state index contributed by atoms with van der Waals surface area (Å²) in [6.45, 7) is 2.00. The van der Waals surface area contributed by atoms with Gasteiger partial charge in [0.2, 0.25) is 0 Å². The smallest absolute Gasteiger partial charge is 0.0705 e. The predicted octanol–water partition coefficient (Wildman–Crippen LogP) is 4.42. The van der Waals surface area contributed by atoms with Crippen LogP contribution in [0.4, 0.5) is 0 Å². The number of halogens is 1. The van der Waals surface area contributed by atoms with E-state index in [-0.39, 0.29) is 6.04 Å². The molecule has 3 aromatic rings. The Morgan fingerprint density at radius 3 is 2.79 bits per heavy atom. The first-order chi connectivity index (χ1) is 9.15. The Labute approximate surface area is 124 Å². The molecule has 0 spiro atoms. The minimum absolute atomic E-state index is 0.0971. The van der Waals surface area contributed by atoms with Crippen LogP contribution in [0.1, 0.15) is 22.2 Å². The molecule has 1 atom stereocenters. The van der Waals surface area contributed by atoms with Gasteiger partial charge in [-0.2, -0.15) is 0 Å². The van der Waals surface area contributed by atoms with Gasteiger partial charge in [-0.1, -0.05) is 12.1 Å². The van der Waals surface area contributed by atoms with Gasteiger partial charge in [0.05, 0.1) is 11.6 Å². The fourth-order valence-electron chi connectivity index (χ4n) is 2.12. The Morgan fingerprint density at radius 1 is 1.21 bits per heavy atom. The van der Waals surface area contributed by atoms with E-state index in [9.17, 15) is 0 Å². The Bertz CT molecular complexity index is 736. The number of fused-ring (bicyclic) bond motifs is 1. The summed E-state index contributed by atoms with van der Waals surface area (Å²) < 4.78 is 1.08. The third-order valence-electron chi connectivity index (χ3n) is 3.14. The molecule has 96 valence electrons. The van der Waals surface area contributed by atoms with Crippen LogP contribution in [0, 0.1) is 6.92 Å². The molecule has 1 unspecified atom stereocenters. The molecule has 0 fully saturated rings. The molecule has 0 aliphatic rings. The molecule has 0 bridgehead atoms. The molecule has 0 radical (unpaired) electrons. The van der Waals surface area contributed by atoms with E-state index in [1.165, 1.54) is 0 Å². The zero-order valence-electron chi connectivity index (χ0n) is 10.4. The van der Waals surface area contributed by atoms with Crippen molar-refractivity contribution in [2.75, 3.05) is 0 Å². The number of aryl methyl sites for hydroxylation is 1. The molecule has 2 N–H and O–H groups in total. The fourth-order valence-corrected chi connectivity index (χ4v) is 3.77. The van der Waals surface area contributed by atoms with Crippen molar-refractivity contribution in [3.05, 3.63) is 62.4 Å². The lowest BCUT2D eigenvalue weighted by Gasteiger charge is -2.12. The Hall–Kier alpha value is -1.23. The van der Waals surface area contributed by atoms with Crippen molar-refractivity contribution in [2.24, 2.45) is 5.73 Å². The van der Waals surface area contributed by atoms with Crippen LogP contribution in [0.25, 0.3) is 10.9 Å². The molecule has 0 aliphatic carbocycles. The molecule has 0 saturated carbocycles. The van der Waals surface area contributed by atoms with Gasteiger partial charge in [0.25, 0.3) is 0 Å². The number of pyridine rings is 1. The van der Waals surface area contributed by atoms with Gasteiger partial charge in [0.1, 0.15) is 0 Å². The van der Waals surface area contributed by atoms with Gasteiger partial charge in [-0.05, 0) is 58.1 Å². The number of benzene rings is 1. The molecule has 19 heavy (non-hydrogen) atoms. The standard InChI is InChI=1S/C15H13BrN2S/c1-9-2-3-10-8-11(4-5-13(10)18-9)14(17)15-12(16)6-7-19-15/h2-8,14H,17H2,1H3. The Kier molecular flexibility index (Phi) is 3.39. The van der Waals surface area contributed by atoms with Gasteiger partial charge in [-0.15, -0.1) is 11.3 Å². The molecule has 2 nitrogen and oxygen atoms in total. The number of hydrogen-bond acceptors (Lipinski definition) is 3.